The van der Waals surface area contributed by atoms with Gasteiger partial charge in [-0.05, 0) is 42.3 Å². The molecular formula is C26H22BrN5OS. The highest BCUT2D eigenvalue weighted by atomic mass is 79.9. The van der Waals surface area contributed by atoms with E-state index in [1.54, 1.807) is 6.21 Å². The van der Waals surface area contributed by atoms with Crippen LogP contribution in [0.1, 0.15) is 12.5 Å². The Labute approximate surface area is 210 Å². The molecule has 0 unspecified atom stereocenters. The lowest BCUT2D eigenvalue weighted by Gasteiger charge is -2.10. The van der Waals surface area contributed by atoms with E-state index < -0.39 is 0 Å². The first-order valence-corrected chi connectivity index (χ1v) is 12.3. The second kappa shape index (κ2) is 11.6. The number of nitrogens with zero attached hydrogens (tertiary/aromatic N) is 4. The molecule has 6 nitrogen and oxygen atoms in total. The highest BCUT2D eigenvalue weighted by Gasteiger charge is 2.17. The number of hydrazone groups is 1. The maximum Gasteiger partial charge on any atom is 0.250 e. The Morgan fingerprint density at radius 1 is 1.00 bits per heavy atom. The molecule has 1 N–H and O–H groups in total. The molecular weight excluding hydrogens is 510 g/mol. The van der Waals surface area contributed by atoms with Crippen LogP contribution in [0.3, 0.4) is 0 Å². The molecule has 0 aliphatic carbocycles. The van der Waals surface area contributed by atoms with Crippen molar-refractivity contribution in [3.63, 3.8) is 0 Å². The molecule has 0 saturated heterocycles. The van der Waals surface area contributed by atoms with Gasteiger partial charge in [0.05, 0.1) is 12.0 Å². The van der Waals surface area contributed by atoms with Gasteiger partial charge in [-0.2, -0.15) is 5.10 Å². The zero-order valence-electron chi connectivity index (χ0n) is 18.4. The Bertz CT molecular complexity index is 1300. The summed E-state index contributed by atoms with van der Waals surface area (Å²) in [5, 5.41) is 13.4. The molecule has 0 radical (unpaired) electrons. The van der Waals surface area contributed by atoms with E-state index in [1.165, 1.54) is 11.8 Å². The minimum Gasteiger partial charge on any atom is -0.272 e. The monoisotopic (exact) mass is 531 g/mol. The minimum atomic E-state index is -0.222. The number of rotatable bonds is 8. The van der Waals surface area contributed by atoms with Gasteiger partial charge in [-0.15, -0.1) is 10.2 Å². The SMILES string of the molecule is CC(C=NNC(=O)CSc1nnc(-c2ccccc2)n1-c1ccc(Br)cc1)=Cc1ccccc1. The smallest absolute Gasteiger partial charge is 0.250 e. The first kappa shape index (κ1) is 23.7. The molecule has 34 heavy (non-hydrogen) atoms. The molecule has 0 aliphatic rings. The van der Waals surface area contributed by atoms with E-state index in [0.29, 0.717) is 11.0 Å². The van der Waals surface area contributed by atoms with Gasteiger partial charge >= 0.3 is 0 Å². The third-order valence-corrected chi connectivity index (χ3v) is 6.19. The number of carbonyl (C=O) groups is 1. The summed E-state index contributed by atoms with van der Waals surface area (Å²) >= 11 is 4.79. The van der Waals surface area contributed by atoms with Crippen LogP contribution in [0.4, 0.5) is 0 Å². The first-order chi connectivity index (χ1) is 16.6. The number of aromatic nitrogens is 3. The molecule has 3 aromatic carbocycles. The second-order valence-electron chi connectivity index (χ2n) is 7.36. The molecule has 4 rings (SSSR count). The molecule has 0 fully saturated rings. The van der Waals surface area contributed by atoms with Crippen LogP contribution < -0.4 is 5.43 Å². The fourth-order valence-electron chi connectivity index (χ4n) is 3.18. The quantitative estimate of drug-likeness (QED) is 0.172. The van der Waals surface area contributed by atoms with E-state index in [0.717, 1.165) is 26.9 Å². The maximum absolute atomic E-state index is 12.4. The van der Waals surface area contributed by atoms with Crippen molar-refractivity contribution < 1.29 is 4.79 Å². The number of amides is 1. The van der Waals surface area contributed by atoms with Crippen LogP contribution >= 0.6 is 27.7 Å². The number of thioether (sulfide) groups is 1. The zero-order chi connectivity index (χ0) is 23.8. The standard InChI is InChI=1S/C26H22BrN5OS/c1-19(16-20-8-4-2-5-9-20)17-28-29-24(33)18-34-26-31-30-25(21-10-6-3-7-11-21)32(26)23-14-12-22(27)13-15-23/h2-17H,18H2,1H3,(H,29,33). The molecule has 0 bridgehead atoms. The summed E-state index contributed by atoms with van der Waals surface area (Å²) in [6.07, 6.45) is 3.63. The molecule has 0 atom stereocenters. The van der Waals surface area contributed by atoms with Crippen LogP contribution in [0, 0.1) is 0 Å². The van der Waals surface area contributed by atoms with Gasteiger partial charge in [0.25, 0.3) is 5.91 Å². The fourth-order valence-corrected chi connectivity index (χ4v) is 4.19. The molecule has 8 heteroatoms. The molecule has 0 aliphatic heterocycles. The second-order valence-corrected chi connectivity index (χ2v) is 9.22. The molecule has 1 amide bonds. The van der Waals surface area contributed by atoms with Crippen molar-refractivity contribution in [3.05, 3.63) is 101 Å². The predicted molar refractivity (Wildman–Crippen MR) is 142 cm³/mol. The van der Waals surface area contributed by atoms with E-state index in [-0.39, 0.29) is 11.7 Å². The van der Waals surface area contributed by atoms with Gasteiger partial charge in [0.2, 0.25) is 0 Å². The highest BCUT2D eigenvalue weighted by molar-refractivity contribution is 9.10. The minimum absolute atomic E-state index is 0.155. The fraction of sp³-hybridized carbons (Fsp3) is 0.0769. The normalized spacial score (nSPS) is 11.6. The Balaban J connectivity index is 1.45. The molecule has 1 aromatic heterocycles. The summed E-state index contributed by atoms with van der Waals surface area (Å²) in [5.74, 6) is 0.647. The summed E-state index contributed by atoms with van der Waals surface area (Å²) in [6.45, 7) is 1.93. The van der Waals surface area contributed by atoms with Crippen LogP contribution in [0.5, 0.6) is 0 Å². The summed E-state index contributed by atoms with van der Waals surface area (Å²) in [7, 11) is 0. The number of carbonyl (C=O) groups excluding carboxylic acids is 1. The van der Waals surface area contributed by atoms with Gasteiger partial charge in [-0.25, -0.2) is 5.43 Å². The lowest BCUT2D eigenvalue weighted by atomic mass is 10.1. The van der Waals surface area contributed by atoms with Gasteiger partial charge in [0.15, 0.2) is 11.0 Å². The van der Waals surface area contributed by atoms with Crippen LogP contribution in [0.15, 0.2) is 105 Å². The van der Waals surface area contributed by atoms with E-state index in [4.69, 9.17) is 0 Å². The van der Waals surface area contributed by atoms with Gasteiger partial charge in [0.1, 0.15) is 0 Å². The summed E-state index contributed by atoms with van der Waals surface area (Å²) in [4.78, 5) is 12.4. The van der Waals surface area contributed by atoms with Crippen molar-refractivity contribution in [2.45, 2.75) is 12.1 Å². The molecule has 0 spiro atoms. The zero-order valence-corrected chi connectivity index (χ0v) is 20.8. The third kappa shape index (κ3) is 6.30. The number of hydrogen-bond acceptors (Lipinski definition) is 5. The molecule has 170 valence electrons. The van der Waals surface area contributed by atoms with Crippen molar-refractivity contribution in [3.8, 4) is 17.1 Å². The van der Waals surface area contributed by atoms with Gasteiger partial charge in [-0.1, -0.05) is 94.4 Å². The van der Waals surface area contributed by atoms with E-state index in [9.17, 15) is 4.79 Å². The van der Waals surface area contributed by atoms with Crippen molar-refractivity contribution >= 4 is 45.9 Å². The largest absolute Gasteiger partial charge is 0.272 e. The Kier molecular flexibility index (Phi) is 8.06. The first-order valence-electron chi connectivity index (χ1n) is 10.5. The summed E-state index contributed by atoms with van der Waals surface area (Å²) in [6, 6.07) is 27.7. The van der Waals surface area contributed by atoms with Crippen LogP contribution in [0.25, 0.3) is 23.2 Å². The van der Waals surface area contributed by atoms with E-state index >= 15 is 0 Å². The Morgan fingerprint density at radius 3 is 2.38 bits per heavy atom. The summed E-state index contributed by atoms with van der Waals surface area (Å²) in [5.41, 5.74) is 6.45. The topological polar surface area (TPSA) is 72.2 Å². The van der Waals surface area contributed by atoms with Gasteiger partial charge in [-0.3, -0.25) is 9.36 Å². The molecule has 4 aromatic rings. The number of halogens is 1. The van der Waals surface area contributed by atoms with E-state index in [1.807, 2.05) is 102 Å². The van der Waals surface area contributed by atoms with Crippen molar-refractivity contribution in [2.24, 2.45) is 5.10 Å². The van der Waals surface area contributed by atoms with Gasteiger partial charge in [0, 0.05) is 15.7 Å². The van der Waals surface area contributed by atoms with E-state index in [2.05, 4.69) is 36.7 Å². The average molecular weight is 532 g/mol. The Hall–Kier alpha value is -3.49. The maximum atomic E-state index is 12.4. The predicted octanol–water partition coefficient (Wildman–Crippen LogP) is 5.99. The van der Waals surface area contributed by atoms with Crippen LogP contribution in [-0.4, -0.2) is 32.6 Å². The number of hydrogen-bond donors (Lipinski definition) is 1. The number of allylic oxidation sites excluding steroid dienone is 1. The van der Waals surface area contributed by atoms with Crippen LogP contribution in [0.2, 0.25) is 0 Å². The van der Waals surface area contributed by atoms with Gasteiger partial charge < -0.3 is 0 Å². The molecule has 1 heterocycles. The third-order valence-electron chi connectivity index (χ3n) is 4.73. The average Bonchev–Trinajstić information content (AvgIpc) is 3.28. The lowest BCUT2D eigenvalue weighted by molar-refractivity contribution is -0.118. The Morgan fingerprint density at radius 2 is 1.68 bits per heavy atom. The van der Waals surface area contributed by atoms with Crippen LogP contribution in [-0.2, 0) is 4.79 Å². The highest BCUT2D eigenvalue weighted by Crippen LogP contribution is 2.28. The molecule has 0 saturated carbocycles. The number of benzene rings is 3. The lowest BCUT2D eigenvalue weighted by Crippen LogP contribution is -2.20. The number of nitrogens with one attached hydrogen (secondary N) is 1. The summed E-state index contributed by atoms with van der Waals surface area (Å²) < 4.78 is 2.93. The van der Waals surface area contributed by atoms with Crippen molar-refractivity contribution in [1.29, 1.82) is 0 Å². The van der Waals surface area contributed by atoms with Crippen molar-refractivity contribution in [1.82, 2.24) is 20.2 Å². The van der Waals surface area contributed by atoms with Crippen molar-refractivity contribution in [2.75, 3.05) is 5.75 Å².